The van der Waals surface area contributed by atoms with Crippen molar-refractivity contribution in [3.63, 3.8) is 0 Å². The minimum absolute atomic E-state index is 0.00937. The summed E-state index contributed by atoms with van der Waals surface area (Å²) in [4.78, 5) is 15.2. The second-order valence-electron chi connectivity index (χ2n) is 8.93. The Labute approximate surface area is 183 Å². The lowest BCUT2D eigenvalue weighted by Crippen LogP contribution is -2.44. The van der Waals surface area contributed by atoms with Crippen LogP contribution in [0.15, 0.2) is 24.3 Å². The van der Waals surface area contributed by atoms with Gasteiger partial charge in [0.2, 0.25) is 5.82 Å². The van der Waals surface area contributed by atoms with E-state index in [-0.39, 0.29) is 17.4 Å². The number of hydrogen-bond acceptors (Lipinski definition) is 6. The number of carbonyl (C=O) groups is 1. The maximum absolute atomic E-state index is 12.7. The highest BCUT2D eigenvalue weighted by molar-refractivity contribution is 5.90. The number of ether oxygens (including phenoxy) is 2. The number of carbonyl (C=O) groups excluding carboxylic acids is 1. The fraction of sp³-hybridized carbons (Fsp3) is 0.609. The Morgan fingerprint density at radius 1 is 1.26 bits per heavy atom. The Kier molecular flexibility index (Phi) is 6.57. The molecule has 1 aromatic heterocycles. The molecule has 8 nitrogen and oxygen atoms in total. The molecule has 1 atom stereocenters. The summed E-state index contributed by atoms with van der Waals surface area (Å²) in [5.41, 5.74) is 1.30. The summed E-state index contributed by atoms with van der Waals surface area (Å²) in [7, 11) is 1.69. The van der Waals surface area contributed by atoms with Crippen LogP contribution in [0.1, 0.15) is 55.1 Å². The summed E-state index contributed by atoms with van der Waals surface area (Å²) in [6.07, 6.45) is 2.92. The summed E-state index contributed by atoms with van der Waals surface area (Å²) in [5.74, 6) is 1.88. The van der Waals surface area contributed by atoms with Gasteiger partial charge < -0.3 is 19.4 Å². The number of methoxy groups -OCH3 is 1. The first-order valence-corrected chi connectivity index (χ1v) is 11.2. The van der Waals surface area contributed by atoms with Crippen molar-refractivity contribution in [2.75, 3.05) is 26.8 Å². The molecule has 4 rings (SSSR count). The van der Waals surface area contributed by atoms with Crippen LogP contribution in [0, 0.1) is 5.41 Å². The molecular formula is C23H33N5O3. The quantitative estimate of drug-likeness (QED) is 0.763. The van der Waals surface area contributed by atoms with Crippen molar-refractivity contribution >= 4 is 5.91 Å². The highest BCUT2D eigenvalue weighted by Crippen LogP contribution is 2.37. The average Bonchev–Trinajstić information content (AvgIpc) is 3.09. The minimum Gasteiger partial charge on any atom is -0.497 e. The van der Waals surface area contributed by atoms with Gasteiger partial charge in [0.05, 0.1) is 13.7 Å². The molecule has 31 heavy (non-hydrogen) atoms. The van der Waals surface area contributed by atoms with E-state index in [1.807, 2.05) is 23.6 Å². The first-order valence-electron chi connectivity index (χ1n) is 11.2. The van der Waals surface area contributed by atoms with E-state index in [2.05, 4.69) is 39.5 Å². The predicted octanol–water partition coefficient (Wildman–Crippen LogP) is 2.63. The van der Waals surface area contributed by atoms with Crippen molar-refractivity contribution < 1.29 is 14.3 Å². The molecule has 1 amide bonds. The van der Waals surface area contributed by atoms with Crippen LogP contribution in [-0.2, 0) is 24.4 Å². The highest BCUT2D eigenvalue weighted by atomic mass is 16.5. The van der Waals surface area contributed by atoms with Crippen molar-refractivity contribution in [3.05, 3.63) is 41.5 Å². The molecule has 1 spiro atoms. The molecular weight excluding hydrogens is 394 g/mol. The van der Waals surface area contributed by atoms with Crippen LogP contribution in [0.3, 0.4) is 0 Å². The molecule has 1 fully saturated rings. The maximum Gasteiger partial charge on any atom is 0.289 e. The molecule has 168 valence electrons. The molecule has 0 radical (unpaired) electrons. The lowest BCUT2D eigenvalue weighted by Gasteiger charge is -2.41. The SMILES string of the molecule is CCC(C)NC(=O)c1nnc2n1CC1(CCN(Cc3ccc(OC)cc3)CC1)COC2. The topological polar surface area (TPSA) is 81.5 Å². The van der Waals surface area contributed by atoms with Gasteiger partial charge in [0.1, 0.15) is 12.4 Å². The smallest absolute Gasteiger partial charge is 0.289 e. The fourth-order valence-electron chi connectivity index (χ4n) is 4.38. The lowest BCUT2D eigenvalue weighted by atomic mass is 9.78. The second-order valence-corrected chi connectivity index (χ2v) is 8.93. The molecule has 1 saturated heterocycles. The van der Waals surface area contributed by atoms with E-state index in [0.29, 0.717) is 19.0 Å². The Morgan fingerprint density at radius 2 is 2.00 bits per heavy atom. The molecule has 0 aliphatic carbocycles. The first kappa shape index (κ1) is 21.8. The number of hydrogen-bond donors (Lipinski definition) is 1. The third-order valence-corrected chi connectivity index (χ3v) is 6.64. The van der Waals surface area contributed by atoms with Crippen LogP contribution in [0.5, 0.6) is 5.75 Å². The Bertz CT molecular complexity index is 887. The van der Waals surface area contributed by atoms with E-state index >= 15 is 0 Å². The molecule has 0 saturated carbocycles. The van der Waals surface area contributed by atoms with E-state index in [0.717, 1.165) is 57.0 Å². The van der Waals surface area contributed by atoms with Gasteiger partial charge >= 0.3 is 0 Å². The van der Waals surface area contributed by atoms with Gasteiger partial charge in [0, 0.05) is 24.5 Å². The van der Waals surface area contributed by atoms with Gasteiger partial charge in [-0.05, 0) is 57.0 Å². The van der Waals surface area contributed by atoms with Crippen LogP contribution in [-0.4, -0.2) is 58.4 Å². The summed E-state index contributed by atoms with van der Waals surface area (Å²) >= 11 is 0. The largest absolute Gasteiger partial charge is 0.497 e. The van der Waals surface area contributed by atoms with Crippen LogP contribution in [0.25, 0.3) is 0 Å². The van der Waals surface area contributed by atoms with Crippen molar-refractivity contribution in [2.45, 2.75) is 58.8 Å². The molecule has 2 aromatic rings. The molecule has 1 N–H and O–H groups in total. The molecule has 1 unspecified atom stereocenters. The second kappa shape index (κ2) is 9.36. The van der Waals surface area contributed by atoms with Crippen molar-refractivity contribution in [3.8, 4) is 5.75 Å². The van der Waals surface area contributed by atoms with Crippen molar-refractivity contribution in [1.82, 2.24) is 25.0 Å². The van der Waals surface area contributed by atoms with Crippen LogP contribution >= 0.6 is 0 Å². The van der Waals surface area contributed by atoms with Crippen molar-refractivity contribution in [1.29, 1.82) is 0 Å². The number of nitrogens with one attached hydrogen (secondary N) is 1. The summed E-state index contributed by atoms with van der Waals surface area (Å²) < 4.78 is 13.2. The number of rotatable bonds is 6. The number of fused-ring (bicyclic) bond motifs is 1. The molecule has 2 aliphatic rings. The summed E-state index contributed by atoms with van der Waals surface area (Å²) in [5, 5.41) is 11.4. The van der Waals surface area contributed by atoms with Gasteiger partial charge in [-0.15, -0.1) is 10.2 Å². The number of aromatic nitrogens is 3. The third-order valence-electron chi connectivity index (χ3n) is 6.64. The van der Waals surface area contributed by atoms with Gasteiger partial charge in [0.15, 0.2) is 5.82 Å². The van der Waals surface area contributed by atoms with Gasteiger partial charge in [-0.3, -0.25) is 9.69 Å². The number of piperidine rings is 1. The number of amides is 1. The zero-order valence-corrected chi connectivity index (χ0v) is 18.8. The monoisotopic (exact) mass is 427 g/mol. The van der Waals surface area contributed by atoms with Crippen LogP contribution < -0.4 is 10.1 Å². The number of nitrogens with zero attached hydrogens (tertiary/aromatic N) is 4. The Morgan fingerprint density at radius 3 is 2.68 bits per heavy atom. The van der Waals surface area contributed by atoms with Gasteiger partial charge in [-0.1, -0.05) is 19.1 Å². The molecule has 3 heterocycles. The zero-order valence-electron chi connectivity index (χ0n) is 18.8. The fourth-order valence-corrected chi connectivity index (χ4v) is 4.38. The van der Waals surface area contributed by atoms with Gasteiger partial charge in [-0.25, -0.2) is 0 Å². The number of likely N-dealkylation sites (tertiary alicyclic amines) is 1. The molecule has 1 aromatic carbocycles. The van der Waals surface area contributed by atoms with Crippen LogP contribution in [0.2, 0.25) is 0 Å². The third kappa shape index (κ3) is 4.91. The lowest BCUT2D eigenvalue weighted by molar-refractivity contribution is -0.00570. The van der Waals surface area contributed by atoms with E-state index in [4.69, 9.17) is 9.47 Å². The normalized spacial score (nSPS) is 19.5. The Balaban J connectivity index is 1.42. The Hall–Kier alpha value is -2.45. The predicted molar refractivity (Wildman–Crippen MR) is 117 cm³/mol. The zero-order chi connectivity index (χ0) is 21.8. The first-order chi connectivity index (χ1) is 15.0. The summed E-state index contributed by atoms with van der Waals surface area (Å²) in [6.45, 7) is 8.82. The standard InChI is InChI=1S/C23H33N5O3/c1-4-17(2)24-22(29)21-26-25-20-14-31-16-23(15-28(20)21)9-11-27(12-10-23)13-18-5-7-19(30-3)8-6-18/h5-8,17H,4,9-16H2,1-3H3,(H,24,29). The van der Waals surface area contributed by atoms with Crippen LogP contribution in [0.4, 0.5) is 0 Å². The average molecular weight is 428 g/mol. The molecule has 8 heteroatoms. The van der Waals surface area contributed by atoms with Crippen molar-refractivity contribution in [2.24, 2.45) is 5.41 Å². The number of benzene rings is 1. The minimum atomic E-state index is -0.151. The molecule has 2 aliphatic heterocycles. The summed E-state index contributed by atoms with van der Waals surface area (Å²) in [6, 6.07) is 8.39. The maximum atomic E-state index is 12.7. The van der Waals surface area contributed by atoms with E-state index in [1.54, 1.807) is 7.11 Å². The van der Waals surface area contributed by atoms with Gasteiger partial charge in [-0.2, -0.15) is 0 Å². The van der Waals surface area contributed by atoms with Gasteiger partial charge in [0.25, 0.3) is 5.91 Å². The highest BCUT2D eigenvalue weighted by Gasteiger charge is 2.39. The molecule has 0 bridgehead atoms. The van der Waals surface area contributed by atoms with E-state index < -0.39 is 0 Å². The van der Waals surface area contributed by atoms with E-state index in [9.17, 15) is 4.79 Å². The van der Waals surface area contributed by atoms with E-state index in [1.165, 1.54) is 5.56 Å².